The molecule has 0 amide bonds. The van der Waals surface area contributed by atoms with Crippen LogP contribution in [0, 0.1) is 0 Å². The van der Waals surface area contributed by atoms with E-state index in [9.17, 15) is 5.11 Å². The molecule has 0 heterocycles. The Morgan fingerprint density at radius 2 is 1.89 bits per heavy atom. The average molecular weight is 250 g/mol. The Bertz CT molecular complexity index is 336. The Balaban J connectivity index is 2.33. The largest absolute Gasteiger partial charge is 0.388 e. The molecule has 2 unspecified atom stereocenters. The van der Waals surface area contributed by atoms with Crippen molar-refractivity contribution in [2.75, 3.05) is 33.7 Å². The second-order valence-electron chi connectivity index (χ2n) is 5.68. The molecule has 0 saturated heterocycles. The summed E-state index contributed by atoms with van der Waals surface area (Å²) in [7, 11) is 3.95. The van der Waals surface area contributed by atoms with E-state index in [-0.39, 0.29) is 0 Å². The maximum atomic E-state index is 10.2. The van der Waals surface area contributed by atoms with Gasteiger partial charge in [0.2, 0.25) is 0 Å². The summed E-state index contributed by atoms with van der Waals surface area (Å²) in [6.07, 6.45) is 0. The molecule has 0 bridgehead atoms. The van der Waals surface area contributed by atoms with Crippen LogP contribution >= 0.6 is 0 Å². The number of nitrogens with one attached hydrogen (secondary N) is 1. The van der Waals surface area contributed by atoms with Crippen molar-refractivity contribution >= 4 is 0 Å². The number of hydrogen-bond donors (Lipinski definition) is 2. The fraction of sp³-hybridized carbons (Fsp3) is 0.600. The van der Waals surface area contributed by atoms with E-state index in [4.69, 9.17) is 0 Å². The predicted molar refractivity (Wildman–Crippen MR) is 76.9 cm³/mol. The minimum atomic E-state index is -0.681. The third-order valence-corrected chi connectivity index (χ3v) is 2.98. The van der Waals surface area contributed by atoms with Crippen LogP contribution in [0.4, 0.5) is 0 Å². The molecule has 0 aliphatic rings. The molecule has 0 saturated carbocycles. The van der Waals surface area contributed by atoms with Crippen LogP contribution in [0.3, 0.4) is 0 Å². The molecular formula is C15H26N2O. The molecule has 0 aliphatic carbocycles. The van der Waals surface area contributed by atoms with Crippen LogP contribution in [-0.4, -0.2) is 49.3 Å². The molecule has 2 atom stereocenters. The lowest BCUT2D eigenvalue weighted by molar-refractivity contribution is 0.0338. The first-order valence-electron chi connectivity index (χ1n) is 6.53. The maximum absolute atomic E-state index is 10.2. The van der Waals surface area contributed by atoms with Gasteiger partial charge in [-0.15, -0.1) is 0 Å². The molecule has 18 heavy (non-hydrogen) atoms. The Labute approximate surface area is 111 Å². The van der Waals surface area contributed by atoms with Crippen molar-refractivity contribution in [3.8, 4) is 0 Å². The fourth-order valence-electron chi connectivity index (χ4n) is 2.19. The van der Waals surface area contributed by atoms with Gasteiger partial charge in [0.05, 0.1) is 5.60 Å². The van der Waals surface area contributed by atoms with Crippen molar-refractivity contribution in [2.45, 2.75) is 25.4 Å². The Morgan fingerprint density at radius 1 is 1.28 bits per heavy atom. The summed E-state index contributed by atoms with van der Waals surface area (Å²) in [5.74, 6) is 0.460. The number of hydrogen-bond acceptors (Lipinski definition) is 3. The standard InChI is InChI=1S/C15H26N2O/c1-13(14-8-6-5-7-9-14)10-16-11-15(2,18)12-17(3)4/h5-9,13,16,18H,10-12H2,1-4H3. The molecule has 0 aliphatic heterocycles. The molecule has 1 aromatic rings. The van der Waals surface area contributed by atoms with Gasteiger partial charge in [0, 0.05) is 19.6 Å². The van der Waals surface area contributed by atoms with Gasteiger partial charge in [-0.3, -0.25) is 0 Å². The van der Waals surface area contributed by atoms with Crippen LogP contribution in [0.5, 0.6) is 0 Å². The maximum Gasteiger partial charge on any atom is 0.0869 e. The molecule has 3 nitrogen and oxygen atoms in total. The highest BCUT2D eigenvalue weighted by atomic mass is 16.3. The number of likely N-dealkylation sites (N-methyl/N-ethyl adjacent to an activating group) is 1. The minimum absolute atomic E-state index is 0.460. The van der Waals surface area contributed by atoms with Crippen molar-refractivity contribution in [2.24, 2.45) is 0 Å². The van der Waals surface area contributed by atoms with E-state index >= 15 is 0 Å². The topological polar surface area (TPSA) is 35.5 Å². The van der Waals surface area contributed by atoms with E-state index in [2.05, 4.69) is 36.5 Å². The number of benzene rings is 1. The van der Waals surface area contributed by atoms with Gasteiger partial charge < -0.3 is 15.3 Å². The number of aliphatic hydroxyl groups is 1. The van der Waals surface area contributed by atoms with Crippen molar-refractivity contribution in [3.63, 3.8) is 0 Å². The molecule has 0 spiro atoms. The highest BCUT2D eigenvalue weighted by molar-refractivity contribution is 5.18. The monoisotopic (exact) mass is 250 g/mol. The lowest BCUT2D eigenvalue weighted by Crippen LogP contribution is -2.46. The molecule has 0 aromatic heterocycles. The first-order chi connectivity index (χ1) is 8.41. The lowest BCUT2D eigenvalue weighted by Gasteiger charge is -2.27. The first-order valence-corrected chi connectivity index (χ1v) is 6.53. The van der Waals surface area contributed by atoms with Gasteiger partial charge in [0.1, 0.15) is 0 Å². The van der Waals surface area contributed by atoms with Crippen LogP contribution in [0.25, 0.3) is 0 Å². The third-order valence-electron chi connectivity index (χ3n) is 2.98. The van der Waals surface area contributed by atoms with Crippen LogP contribution in [0.1, 0.15) is 25.3 Å². The Hall–Kier alpha value is -0.900. The number of nitrogens with zero attached hydrogens (tertiary/aromatic N) is 1. The van der Waals surface area contributed by atoms with Gasteiger partial charge in [0.25, 0.3) is 0 Å². The summed E-state index contributed by atoms with van der Waals surface area (Å²) in [6, 6.07) is 10.4. The second kappa shape index (κ2) is 6.88. The van der Waals surface area contributed by atoms with Crippen LogP contribution in [-0.2, 0) is 0 Å². The Morgan fingerprint density at radius 3 is 2.44 bits per heavy atom. The van der Waals surface area contributed by atoms with Crippen molar-refractivity contribution in [3.05, 3.63) is 35.9 Å². The predicted octanol–water partition coefficient (Wildman–Crippen LogP) is 1.69. The molecule has 102 valence electrons. The summed E-state index contributed by atoms with van der Waals surface area (Å²) >= 11 is 0. The van der Waals surface area contributed by atoms with E-state index in [1.807, 2.05) is 32.0 Å². The highest BCUT2D eigenvalue weighted by Gasteiger charge is 2.20. The summed E-state index contributed by atoms with van der Waals surface area (Å²) in [4.78, 5) is 2.00. The van der Waals surface area contributed by atoms with Crippen molar-refractivity contribution < 1.29 is 5.11 Å². The zero-order valence-corrected chi connectivity index (χ0v) is 12.0. The average Bonchev–Trinajstić information content (AvgIpc) is 2.28. The first kappa shape index (κ1) is 15.2. The van der Waals surface area contributed by atoms with Crippen LogP contribution < -0.4 is 5.32 Å². The van der Waals surface area contributed by atoms with Gasteiger partial charge in [-0.2, -0.15) is 0 Å². The highest BCUT2D eigenvalue weighted by Crippen LogP contribution is 2.13. The zero-order valence-electron chi connectivity index (χ0n) is 12.0. The van der Waals surface area contributed by atoms with Gasteiger partial charge in [-0.25, -0.2) is 0 Å². The molecule has 2 N–H and O–H groups in total. The molecule has 1 rings (SSSR count). The van der Waals surface area contributed by atoms with E-state index < -0.39 is 5.60 Å². The normalized spacial score (nSPS) is 16.6. The van der Waals surface area contributed by atoms with Crippen LogP contribution in [0.15, 0.2) is 30.3 Å². The number of rotatable bonds is 7. The van der Waals surface area contributed by atoms with E-state index in [1.54, 1.807) is 0 Å². The quantitative estimate of drug-likeness (QED) is 0.773. The van der Waals surface area contributed by atoms with Crippen molar-refractivity contribution in [1.29, 1.82) is 0 Å². The van der Waals surface area contributed by atoms with Gasteiger partial charge in [-0.1, -0.05) is 37.3 Å². The third kappa shape index (κ3) is 5.63. The fourth-order valence-corrected chi connectivity index (χ4v) is 2.19. The molecule has 0 fully saturated rings. The van der Waals surface area contributed by atoms with E-state index in [0.29, 0.717) is 19.0 Å². The van der Waals surface area contributed by atoms with E-state index in [1.165, 1.54) is 5.56 Å². The molecule has 1 aromatic carbocycles. The SMILES string of the molecule is CC(CNCC(C)(O)CN(C)C)c1ccccc1. The summed E-state index contributed by atoms with van der Waals surface area (Å²) < 4.78 is 0. The van der Waals surface area contributed by atoms with E-state index in [0.717, 1.165) is 6.54 Å². The molecular weight excluding hydrogens is 224 g/mol. The summed E-state index contributed by atoms with van der Waals surface area (Å²) in [5.41, 5.74) is 0.650. The van der Waals surface area contributed by atoms with Gasteiger partial charge in [-0.05, 0) is 32.5 Å². The Kier molecular flexibility index (Phi) is 5.79. The van der Waals surface area contributed by atoms with Gasteiger partial charge in [0.15, 0.2) is 0 Å². The smallest absolute Gasteiger partial charge is 0.0869 e. The summed E-state index contributed by atoms with van der Waals surface area (Å²) in [5, 5.41) is 13.5. The van der Waals surface area contributed by atoms with Crippen molar-refractivity contribution in [1.82, 2.24) is 10.2 Å². The summed E-state index contributed by atoms with van der Waals surface area (Å²) in [6.45, 7) is 6.23. The molecule has 3 heteroatoms. The molecule has 0 radical (unpaired) electrons. The zero-order chi connectivity index (χ0) is 13.6. The van der Waals surface area contributed by atoms with Gasteiger partial charge >= 0.3 is 0 Å². The minimum Gasteiger partial charge on any atom is -0.388 e. The van der Waals surface area contributed by atoms with Crippen LogP contribution in [0.2, 0.25) is 0 Å². The lowest BCUT2D eigenvalue weighted by atomic mass is 10.0. The second-order valence-corrected chi connectivity index (χ2v) is 5.68.